The Kier molecular flexibility index (Phi) is 15.9. The van der Waals surface area contributed by atoms with Crippen molar-refractivity contribution in [2.45, 2.75) is 82.5 Å². The lowest BCUT2D eigenvalue weighted by molar-refractivity contribution is -0.147. The van der Waals surface area contributed by atoms with Gasteiger partial charge in [-0.1, -0.05) is 91.0 Å². The minimum Gasteiger partial charge on any atom is -0.462 e. The fraction of sp³-hybridized carbons (Fsp3) is 0.419. The standard InChI is InChI=1S/C43H52N4O9/c1-29(25-48)45-39(49)24-31-16-6-3-7-22-38(47-43(53)56-28-37-35-20-10-8-18-33(35)34-19-9-11-21-36(34)37)41(51)54-27-32(46-40(31)50)17-12-13-23-44-42(52)55-26-30-14-4-2-5-15-30/h2-6,8-11,14-15,18-21,29,31-32,37-38,48H,7,12-13,16-17,22-28H2,1H3,(H,44,52)(H,45,49)(H,46,50)(H,47,53)/t29-,31+,32-,38-/m0/s1. The minimum atomic E-state index is -1.01. The van der Waals surface area contributed by atoms with E-state index in [2.05, 4.69) is 33.4 Å². The van der Waals surface area contributed by atoms with Gasteiger partial charge in [0.1, 0.15) is 25.9 Å². The number of esters is 1. The Hall–Kier alpha value is -5.69. The first kappa shape index (κ1) is 41.5. The number of aliphatic hydroxyl groups is 1. The third-order valence-corrected chi connectivity index (χ3v) is 9.85. The van der Waals surface area contributed by atoms with Crippen molar-refractivity contribution in [3.05, 3.63) is 108 Å². The van der Waals surface area contributed by atoms with E-state index in [1.165, 1.54) is 0 Å². The zero-order valence-electron chi connectivity index (χ0n) is 31.7. The smallest absolute Gasteiger partial charge is 0.407 e. The molecule has 1 heterocycles. The van der Waals surface area contributed by atoms with Crippen molar-refractivity contribution in [1.29, 1.82) is 0 Å². The fourth-order valence-electron chi connectivity index (χ4n) is 6.84. The van der Waals surface area contributed by atoms with Gasteiger partial charge in [-0.15, -0.1) is 0 Å². The molecule has 0 radical (unpaired) electrons. The van der Waals surface area contributed by atoms with Gasteiger partial charge in [-0.05, 0) is 73.3 Å². The van der Waals surface area contributed by atoms with Gasteiger partial charge in [-0.25, -0.2) is 14.4 Å². The molecule has 2 aliphatic rings. The highest BCUT2D eigenvalue weighted by Gasteiger charge is 2.31. The molecule has 0 spiro atoms. The van der Waals surface area contributed by atoms with Crippen LogP contribution < -0.4 is 21.3 Å². The summed E-state index contributed by atoms with van der Waals surface area (Å²) < 4.78 is 16.7. The Morgan fingerprint density at radius 3 is 2.30 bits per heavy atom. The van der Waals surface area contributed by atoms with Crippen LogP contribution in [-0.2, 0) is 35.2 Å². The van der Waals surface area contributed by atoms with E-state index in [-0.39, 0.29) is 63.4 Å². The number of benzene rings is 3. The molecule has 5 rings (SSSR count). The van der Waals surface area contributed by atoms with Gasteiger partial charge < -0.3 is 40.6 Å². The lowest BCUT2D eigenvalue weighted by Crippen LogP contribution is -2.46. The monoisotopic (exact) mass is 768 g/mol. The Bertz CT molecular complexity index is 1770. The molecule has 0 bridgehead atoms. The highest BCUT2D eigenvalue weighted by molar-refractivity contribution is 5.86. The van der Waals surface area contributed by atoms with E-state index in [4.69, 9.17) is 14.2 Å². The first-order valence-corrected chi connectivity index (χ1v) is 19.3. The van der Waals surface area contributed by atoms with Crippen LogP contribution >= 0.6 is 0 Å². The van der Waals surface area contributed by atoms with Crippen LogP contribution in [0.1, 0.15) is 74.5 Å². The van der Waals surface area contributed by atoms with Gasteiger partial charge in [0, 0.05) is 24.9 Å². The minimum absolute atomic E-state index is 0.0846. The number of allylic oxidation sites excluding steroid dienone is 2. The number of hydrogen-bond donors (Lipinski definition) is 5. The molecule has 298 valence electrons. The summed E-state index contributed by atoms with van der Waals surface area (Å²) in [4.78, 5) is 65.1. The van der Waals surface area contributed by atoms with Gasteiger partial charge in [0.25, 0.3) is 0 Å². The van der Waals surface area contributed by atoms with Crippen molar-refractivity contribution in [2.75, 3.05) is 26.4 Å². The van der Waals surface area contributed by atoms with Crippen molar-refractivity contribution >= 4 is 30.0 Å². The van der Waals surface area contributed by atoms with Gasteiger partial charge in [0.15, 0.2) is 0 Å². The molecule has 5 N–H and O–H groups in total. The molecule has 13 nitrogen and oxygen atoms in total. The number of alkyl carbamates (subject to hydrolysis) is 2. The predicted octanol–water partition coefficient (Wildman–Crippen LogP) is 5.26. The molecule has 0 saturated heterocycles. The number of amides is 4. The number of aliphatic hydroxyl groups excluding tert-OH is 1. The third-order valence-electron chi connectivity index (χ3n) is 9.85. The van der Waals surface area contributed by atoms with E-state index < -0.39 is 42.2 Å². The number of fused-ring (bicyclic) bond motifs is 3. The van der Waals surface area contributed by atoms with Crippen molar-refractivity contribution in [3.8, 4) is 11.1 Å². The number of hydrogen-bond acceptors (Lipinski definition) is 9. The second-order valence-electron chi connectivity index (χ2n) is 14.2. The quantitative estimate of drug-likeness (QED) is 0.0633. The summed E-state index contributed by atoms with van der Waals surface area (Å²) in [6.45, 7) is 1.82. The SMILES string of the molecule is C[C@@H](CO)NC(=O)C[C@H]1CC=CCC[C@H](NC(=O)OCC2c3ccccc3-c3ccccc32)C(=O)OC[C@H](CCCCNC(=O)OCc2ccccc2)NC1=O. The third kappa shape index (κ3) is 12.4. The van der Waals surface area contributed by atoms with Gasteiger partial charge in [-0.3, -0.25) is 9.59 Å². The molecule has 3 aromatic rings. The average molecular weight is 769 g/mol. The molecule has 0 saturated carbocycles. The molecule has 1 aliphatic carbocycles. The maximum atomic E-state index is 13.5. The summed E-state index contributed by atoms with van der Waals surface area (Å²) in [5.41, 5.74) is 5.21. The van der Waals surface area contributed by atoms with Gasteiger partial charge in [0.05, 0.1) is 18.6 Å². The second-order valence-corrected chi connectivity index (χ2v) is 14.2. The highest BCUT2D eigenvalue weighted by atomic mass is 16.6. The van der Waals surface area contributed by atoms with E-state index in [1.807, 2.05) is 66.7 Å². The predicted molar refractivity (Wildman–Crippen MR) is 209 cm³/mol. The van der Waals surface area contributed by atoms with Crippen molar-refractivity contribution in [1.82, 2.24) is 21.3 Å². The summed E-state index contributed by atoms with van der Waals surface area (Å²) in [5, 5.41) is 20.4. The van der Waals surface area contributed by atoms with Crippen LogP contribution in [0.4, 0.5) is 9.59 Å². The number of cyclic esters (lactones) is 1. The van der Waals surface area contributed by atoms with Crippen LogP contribution in [0.15, 0.2) is 91.0 Å². The van der Waals surface area contributed by atoms with E-state index in [9.17, 15) is 29.1 Å². The van der Waals surface area contributed by atoms with Crippen LogP contribution in [0.3, 0.4) is 0 Å². The molecule has 13 heteroatoms. The summed E-state index contributed by atoms with van der Waals surface area (Å²) in [6.07, 6.45) is 4.58. The largest absolute Gasteiger partial charge is 0.462 e. The zero-order chi connectivity index (χ0) is 39.7. The number of unbranched alkanes of at least 4 members (excludes halogenated alkanes) is 1. The first-order chi connectivity index (χ1) is 27.2. The molecule has 56 heavy (non-hydrogen) atoms. The summed E-state index contributed by atoms with van der Waals surface area (Å²) >= 11 is 0. The molecule has 0 fully saturated rings. The molecule has 0 unspecified atom stereocenters. The maximum absolute atomic E-state index is 13.5. The number of carbonyl (C=O) groups is 5. The van der Waals surface area contributed by atoms with Gasteiger partial charge in [-0.2, -0.15) is 0 Å². The van der Waals surface area contributed by atoms with Crippen LogP contribution in [0.25, 0.3) is 11.1 Å². The molecule has 4 atom stereocenters. The first-order valence-electron chi connectivity index (χ1n) is 19.3. The second kappa shape index (κ2) is 21.4. The fourth-order valence-corrected chi connectivity index (χ4v) is 6.84. The van der Waals surface area contributed by atoms with E-state index in [1.54, 1.807) is 19.1 Å². The lowest BCUT2D eigenvalue weighted by atomic mass is 9.98. The number of carbonyl (C=O) groups excluding carboxylic acids is 5. The summed E-state index contributed by atoms with van der Waals surface area (Å²) in [6, 6.07) is 23.3. The van der Waals surface area contributed by atoms with Gasteiger partial charge >= 0.3 is 18.2 Å². The molecule has 4 amide bonds. The molecule has 1 aliphatic heterocycles. The molecular formula is C43H52N4O9. The number of rotatable bonds is 14. The summed E-state index contributed by atoms with van der Waals surface area (Å²) in [7, 11) is 0. The summed E-state index contributed by atoms with van der Waals surface area (Å²) in [5.74, 6) is -2.28. The average Bonchev–Trinajstić information content (AvgIpc) is 3.53. The van der Waals surface area contributed by atoms with Crippen LogP contribution in [-0.4, -0.2) is 79.6 Å². The van der Waals surface area contributed by atoms with Crippen molar-refractivity contribution < 1.29 is 43.3 Å². The Morgan fingerprint density at radius 1 is 0.893 bits per heavy atom. The lowest BCUT2D eigenvalue weighted by Gasteiger charge is -2.24. The van der Waals surface area contributed by atoms with E-state index in [0.717, 1.165) is 27.8 Å². The van der Waals surface area contributed by atoms with Crippen LogP contribution in [0.5, 0.6) is 0 Å². The Labute approximate surface area is 327 Å². The molecule has 0 aromatic heterocycles. The number of nitrogens with one attached hydrogen (secondary N) is 4. The molecule has 3 aromatic carbocycles. The van der Waals surface area contributed by atoms with Crippen molar-refractivity contribution in [2.24, 2.45) is 5.92 Å². The maximum Gasteiger partial charge on any atom is 0.407 e. The number of ether oxygens (including phenoxy) is 3. The van der Waals surface area contributed by atoms with Crippen molar-refractivity contribution in [3.63, 3.8) is 0 Å². The van der Waals surface area contributed by atoms with E-state index >= 15 is 0 Å². The topological polar surface area (TPSA) is 181 Å². The Morgan fingerprint density at radius 2 is 1.59 bits per heavy atom. The van der Waals surface area contributed by atoms with E-state index in [0.29, 0.717) is 32.2 Å². The Balaban J connectivity index is 1.18. The van der Waals surface area contributed by atoms with Gasteiger partial charge in [0.2, 0.25) is 11.8 Å². The normalized spacial score (nSPS) is 19.0. The molecular weight excluding hydrogens is 716 g/mol. The zero-order valence-corrected chi connectivity index (χ0v) is 31.7. The van der Waals surface area contributed by atoms with Crippen LogP contribution in [0.2, 0.25) is 0 Å². The highest BCUT2D eigenvalue weighted by Crippen LogP contribution is 2.44. The van der Waals surface area contributed by atoms with Crippen LogP contribution in [0, 0.1) is 5.92 Å².